The van der Waals surface area contributed by atoms with E-state index in [9.17, 15) is 40.5 Å². The highest BCUT2D eigenvalue weighted by atomic mass is 16.7. The van der Waals surface area contributed by atoms with E-state index in [0.717, 1.165) is 38.5 Å². The SMILES string of the molecule is CCCCCCCCCCCCCC/C=C\CCCCCCCCCCCC(O)C(=O)NC(COC1OC(CO)C(O)C(O)C1O)C(O)C(O)CCC/C=C/CCCCCCCCCCCCCCCCCCCCCCCCCC. The summed E-state index contributed by atoms with van der Waals surface area (Å²) in [5.74, 6) is -0.702. The second kappa shape index (κ2) is 58.9. The number of allylic oxidation sites excluding steroid dienone is 4. The number of carbonyl (C=O) groups is 1. The van der Waals surface area contributed by atoms with Gasteiger partial charge in [-0.1, -0.05) is 308 Å². The van der Waals surface area contributed by atoms with Gasteiger partial charge in [0.1, 0.15) is 36.6 Å². The Hall–Kier alpha value is -1.41. The minimum Gasteiger partial charge on any atom is -0.394 e. The summed E-state index contributed by atoms with van der Waals surface area (Å²) in [6, 6.07) is -1.19. The van der Waals surface area contributed by atoms with Crippen molar-refractivity contribution in [2.45, 2.75) is 403 Å². The third kappa shape index (κ3) is 46.5. The van der Waals surface area contributed by atoms with Gasteiger partial charge in [0, 0.05) is 0 Å². The van der Waals surface area contributed by atoms with Crippen molar-refractivity contribution in [1.29, 1.82) is 0 Å². The van der Waals surface area contributed by atoms with Crippen molar-refractivity contribution in [2.75, 3.05) is 13.2 Å². The molecule has 1 rings (SSSR count). The number of rotatable bonds is 62. The predicted octanol–water partition coefficient (Wildman–Crippen LogP) is 16.8. The molecule has 1 aliphatic rings. The molecule has 9 unspecified atom stereocenters. The standard InChI is InChI=1S/C70H135NO10/c1-3-5-7-9-11-13-15-17-19-21-23-25-27-29-30-31-32-34-35-37-39-41-43-45-47-49-51-53-55-57-62(73)65(75)61(60-80-70-68(78)67(77)66(76)64(59-72)81-70)71-69(79)63(74)58-56-54-52-50-48-46-44-42-40-38-36-33-28-26-24-22-20-18-16-14-12-10-8-6-4-2/h33,36,49,51,61-68,70,72-78H,3-32,34-35,37-48,50,52-60H2,1-2H3,(H,71,79)/b36-33-,51-49+. The van der Waals surface area contributed by atoms with Crippen LogP contribution in [-0.4, -0.2) is 110 Å². The minimum absolute atomic E-state index is 0.254. The average molecular weight is 1150 g/mol. The molecule has 9 atom stereocenters. The lowest BCUT2D eigenvalue weighted by Crippen LogP contribution is -2.60. The highest BCUT2D eigenvalue weighted by Crippen LogP contribution is 2.24. The maximum Gasteiger partial charge on any atom is 0.249 e. The van der Waals surface area contributed by atoms with Crippen molar-refractivity contribution < 1.29 is 50.0 Å². The molecule has 11 heteroatoms. The van der Waals surface area contributed by atoms with E-state index in [-0.39, 0.29) is 12.8 Å². The van der Waals surface area contributed by atoms with Gasteiger partial charge in [0.05, 0.1) is 25.4 Å². The zero-order valence-corrected chi connectivity index (χ0v) is 53.0. The van der Waals surface area contributed by atoms with Gasteiger partial charge in [-0.05, 0) is 64.2 Å². The van der Waals surface area contributed by atoms with Gasteiger partial charge in [-0.3, -0.25) is 4.79 Å². The van der Waals surface area contributed by atoms with Crippen LogP contribution in [0, 0.1) is 0 Å². The van der Waals surface area contributed by atoms with E-state index < -0.39 is 74.2 Å². The normalized spacial score (nSPS) is 19.2. The van der Waals surface area contributed by atoms with Gasteiger partial charge in [-0.2, -0.15) is 0 Å². The smallest absolute Gasteiger partial charge is 0.249 e. The van der Waals surface area contributed by atoms with E-state index in [2.05, 4.69) is 43.5 Å². The highest BCUT2D eigenvalue weighted by molar-refractivity contribution is 5.80. The Morgan fingerprint density at radius 1 is 0.420 bits per heavy atom. The number of amides is 1. The molecule has 0 aromatic heterocycles. The maximum absolute atomic E-state index is 13.2. The molecule has 1 amide bonds. The summed E-state index contributed by atoms with van der Waals surface area (Å²) in [5.41, 5.74) is 0. The van der Waals surface area contributed by atoms with Crippen molar-refractivity contribution in [3.63, 3.8) is 0 Å². The van der Waals surface area contributed by atoms with Crippen LogP contribution in [0.3, 0.4) is 0 Å². The quantitative estimate of drug-likeness (QED) is 0.0215. The largest absolute Gasteiger partial charge is 0.394 e. The van der Waals surface area contributed by atoms with Gasteiger partial charge in [0.2, 0.25) is 5.91 Å². The predicted molar refractivity (Wildman–Crippen MR) is 339 cm³/mol. The van der Waals surface area contributed by atoms with Crippen LogP contribution in [0.2, 0.25) is 0 Å². The lowest BCUT2D eigenvalue weighted by Gasteiger charge is -2.40. The summed E-state index contributed by atoms with van der Waals surface area (Å²) in [6.45, 7) is 3.50. The van der Waals surface area contributed by atoms with E-state index in [0.29, 0.717) is 12.8 Å². The van der Waals surface area contributed by atoms with Gasteiger partial charge in [0.15, 0.2) is 6.29 Å². The Kier molecular flexibility index (Phi) is 56.5. The van der Waals surface area contributed by atoms with E-state index in [1.165, 1.54) is 270 Å². The van der Waals surface area contributed by atoms with Gasteiger partial charge in [0.25, 0.3) is 0 Å². The molecule has 1 fully saturated rings. The summed E-state index contributed by atoms with van der Waals surface area (Å²) < 4.78 is 11.2. The minimum atomic E-state index is -1.67. The van der Waals surface area contributed by atoms with Crippen molar-refractivity contribution in [2.24, 2.45) is 0 Å². The van der Waals surface area contributed by atoms with Crippen LogP contribution >= 0.6 is 0 Å². The van der Waals surface area contributed by atoms with Crippen LogP contribution in [0.4, 0.5) is 0 Å². The zero-order chi connectivity index (χ0) is 58.9. The van der Waals surface area contributed by atoms with Crippen LogP contribution in [-0.2, 0) is 14.3 Å². The summed E-state index contributed by atoms with van der Waals surface area (Å²) in [6.07, 6.45) is 62.7. The summed E-state index contributed by atoms with van der Waals surface area (Å²) >= 11 is 0. The first-order valence-corrected chi connectivity index (χ1v) is 35.2. The molecule has 0 aromatic carbocycles. The molecular weight excluding hydrogens is 1010 g/mol. The highest BCUT2D eigenvalue weighted by Gasteiger charge is 2.44. The van der Waals surface area contributed by atoms with Gasteiger partial charge < -0.3 is 50.5 Å². The van der Waals surface area contributed by atoms with Gasteiger partial charge in [-0.15, -0.1) is 0 Å². The first kappa shape index (κ1) is 77.6. The molecule has 0 radical (unpaired) electrons. The third-order valence-corrected chi connectivity index (χ3v) is 17.2. The summed E-state index contributed by atoms with van der Waals surface area (Å²) in [5, 5.41) is 76.5. The van der Waals surface area contributed by atoms with Crippen molar-refractivity contribution >= 4 is 5.91 Å². The van der Waals surface area contributed by atoms with Crippen molar-refractivity contribution in [3.05, 3.63) is 24.3 Å². The molecule has 0 spiro atoms. The first-order valence-electron chi connectivity index (χ1n) is 35.2. The molecule has 0 aromatic rings. The number of aliphatic hydroxyl groups is 7. The molecule has 11 nitrogen and oxygen atoms in total. The number of ether oxygens (including phenoxy) is 2. The lowest BCUT2D eigenvalue weighted by atomic mass is 9.98. The maximum atomic E-state index is 13.2. The first-order chi connectivity index (χ1) is 39.7. The fraction of sp³-hybridized carbons (Fsp3) is 0.929. The molecule has 81 heavy (non-hydrogen) atoms. The Bertz CT molecular complexity index is 1370. The fourth-order valence-corrected chi connectivity index (χ4v) is 11.6. The molecule has 1 aliphatic heterocycles. The van der Waals surface area contributed by atoms with Crippen LogP contribution in [0.1, 0.15) is 348 Å². The fourth-order valence-electron chi connectivity index (χ4n) is 11.6. The lowest BCUT2D eigenvalue weighted by molar-refractivity contribution is -0.303. The second-order valence-corrected chi connectivity index (χ2v) is 25.0. The molecule has 0 aliphatic carbocycles. The van der Waals surface area contributed by atoms with Crippen LogP contribution in [0.15, 0.2) is 24.3 Å². The number of carbonyl (C=O) groups excluding carboxylic acids is 1. The summed E-state index contributed by atoms with van der Waals surface area (Å²) in [4.78, 5) is 13.2. The third-order valence-electron chi connectivity index (χ3n) is 17.2. The molecule has 1 saturated heterocycles. The number of hydrogen-bond donors (Lipinski definition) is 8. The zero-order valence-electron chi connectivity index (χ0n) is 53.0. The van der Waals surface area contributed by atoms with E-state index in [4.69, 9.17) is 9.47 Å². The Morgan fingerprint density at radius 3 is 1.06 bits per heavy atom. The monoisotopic (exact) mass is 1150 g/mol. The van der Waals surface area contributed by atoms with E-state index in [1.807, 2.05) is 0 Å². The second-order valence-electron chi connectivity index (χ2n) is 25.0. The van der Waals surface area contributed by atoms with Crippen LogP contribution in [0.25, 0.3) is 0 Å². The molecule has 0 saturated carbocycles. The van der Waals surface area contributed by atoms with Crippen LogP contribution < -0.4 is 5.32 Å². The Morgan fingerprint density at radius 2 is 0.728 bits per heavy atom. The van der Waals surface area contributed by atoms with Gasteiger partial charge in [-0.25, -0.2) is 0 Å². The number of nitrogens with one attached hydrogen (secondary N) is 1. The summed E-state index contributed by atoms with van der Waals surface area (Å²) in [7, 11) is 0. The van der Waals surface area contributed by atoms with Crippen molar-refractivity contribution in [3.8, 4) is 0 Å². The topological polar surface area (TPSA) is 189 Å². The molecule has 480 valence electrons. The van der Waals surface area contributed by atoms with Crippen molar-refractivity contribution in [1.82, 2.24) is 5.32 Å². The number of aliphatic hydroxyl groups excluding tert-OH is 7. The van der Waals surface area contributed by atoms with E-state index in [1.54, 1.807) is 0 Å². The number of unbranched alkanes of at least 4 members (excludes halogenated alkanes) is 46. The Balaban J connectivity index is 2.22. The molecular formula is C70H135NO10. The molecule has 0 bridgehead atoms. The van der Waals surface area contributed by atoms with E-state index >= 15 is 0 Å². The van der Waals surface area contributed by atoms with Crippen LogP contribution in [0.5, 0.6) is 0 Å². The average Bonchev–Trinajstić information content (AvgIpc) is 3.49. The molecule has 8 N–H and O–H groups in total. The molecule has 1 heterocycles. The number of hydrogen-bond acceptors (Lipinski definition) is 10. The Labute approximate surface area is 499 Å². The van der Waals surface area contributed by atoms with Gasteiger partial charge >= 0.3 is 0 Å².